The summed E-state index contributed by atoms with van der Waals surface area (Å²) in [4.78, 5) is 30.0. The molecule has 2 rings (SSSR count). The van der Waals surface area contributed by atoms with E-state index in [0.717, 1.165) is 5.82 Å². The molecule has 0 aromatic carbocycles. The second kappa shape index (κ2) is 7.13. The summed E-state index contributed by atoms with van der Waals surface area (Å²) in [5.74, 6) is 0.634. The first kappa shape index (κ1) is 13.9. The molecule has 2 aromatic rings. The lowest BCUT2D eigenvalue weighted by Crippen LogP contribution is -2.31. The van der Waals surface area contributed by atoms with E-state index in [0.29, 0.717) is 13.0 Å². The summed E-state index contributed by atoms with van der Waals surface area (Å²) in [6, 6.07) is 3.20. The third kappa shape index (κ3) is 4.27. The SMILES string of the molecule is O=C(CCNC(=O)c1ccco1)NCCc1ncc[nH]1. The fourth-order valence-corrected chi connectivity index (χ4v) is 1.63. The topological polar surface area (TPSA) is 100 Å². The predicted octanol–water partition coefficient (Wildman–Crippen LogP) is 0.481. The van der Waals surface area contributed by atoms with Gasteiger partial charge in [0.1, 0.15) is 5.82 Å². The number of hydrogen-bond acceptors (Lipinski definition) is 4. The molecule has 0 aliphatic heterocycles. The van der Waals surface area contributed by atoms with E-state index in [2.05, 4.69) is 20.6 Å². The Bertz CT molecular complexity index is 534. The van der Waals surface area contributed by atoms with Crippen LogP contribution in [0.3, 0.4) is 0 Å². The molecule has 0 spiro atoms. The molecule has 2 aromatic heterocycles. The molecule has 106 valence electrons. The van der Waals surface area contributed by atoms with E-state index in [1.165, 1.54) is 6.26 Å². The minimum absolute atomic E-state index is 0.115. The van der Waals surface area contributed by atoms with Gasteiger partial charge in [-0.25, -0.2) is 4.98 Å². The second-order valence-corrected chi connectivity index (χ2v) is 4.12. The maximum Gasteiger partial charge on any atom is 0.286 e. The van der Waals surface area contributed by atoms with E-state index in [1.807, 2.05) is 0 Å². The molecule has 0 aliphatic carbocycles. The first-order valence-electron chi connectivity index (χ1n) is 6.32. The van der Waals surface area contributed by atoms with Crippen LogP contribution < -0.4 is 10.6 Å². The van der Waals surface area contributed by atoms with Crippen LogP contribution in [-0.4, -0.2) is 34.9 Å². The minimum atomic E-state index is -0.321. The van der Waals surface area contributed by atoms with Crippen molar-refractivity contribution < 1.29 is 14.0 Å². The van der Waals surface area contributed by atoms with Crippen LogP contribution in [0.15, 0.2) is 35.2 Å². The van der Waals surface area contributed by atoms with Crippen LogP contribution in [0.1, 0.15) is 22.8 Å². The van der Waals surface area contributed by atoms with E-state index in [1.54, 1.807) is 24.5 Å². The molecule has 0 radical (unpaired) electrons. The summed E-state index contributed by atoms with van der Waals surface area (Å²) in [5, 5.41) is 5.36. The van der Waals surface area contributed by atoms with Gasteiger partial charge in [0.15, 0.2) is 5.76 Å². The van der Waals surface area contributed by atoms with Crippen LogP contribution in [0.5, 0.6) is 0 Å². The number of rotatable bonds is 7. The Hall–Kier alpha value is -2.57. The van der Waals surface area contributed by atoms with Crippen molar-refractivity contribution in [2.75, 3.05) is 13.1 Å². The molecule has 0 aliphatic rings. The van der Waals surface area contributed by atoms with Gasteiger partial charge in [0.05, 0.1) is 6.26 Å². The highest BCUT2D eigenvalue weighted by molar-refractivity contribution is 5.91. The normalized spacial score (nSPS) is 10.2. The molecule has 0 saturated heterocycles. The van der Waals surface area contributed by atoms with Gasteiger partial charge in [0.25, 0.3) is 5.91 Å². The Morgan fingerprint density at radius 2 is 2.20 bits per heavy atom. The molecule has 0 saturated carbocycles. The Morgan fingerprint density at radius 1 is 1.30 bits per heavy atom. The van der Waals surface area contributed by atoms with Crippen molar-refractivity contribution in [2.45, 2.75) is 12.8 Å². The lowest BCUT2D eigenvalue weighted by atomic mass is 10.3. The fourth-order valence-electron chi connectivity index (χ4n) is 1.63. The van der Waals surface area contributed by atoms with Crippen LogP contribution in [-0.2, 0) is 11.2 Å². The van der Waals surface area contributed by atoms with E-state index in [-0.39, 0.29) is 30.5 Å². The minimum Gasteiger partial charge on any atom is -0.459 e. The van der Waals surface area contributed by atoms with Crippen molar-refractivity contribution in [3.05, 3.63) is 42.4 Å². The van der Waals surface area contributed by atoms with Gasteiger partial charge in [-0.2, -0.15) is 0 Å². The molecule has 0 fully saturated rings. The first-order chi connectivity index (χ1) is 9.75. The lowest BCUT2D eigenvalue weighted by Gasteiger charge is -2.05. The Labute approximate surface area is 115 Å². The number of amides is 2. The monoisotopic (exact) mass is 276 g/mol. The number of hydrogen-bond donors (Lipinski definition) is 3. The van der Waals surface area contributed by atoms with Crippen LogP contribution in [0.4, 0.5) is 0 Å². The van der Waals surface area contributed by atoms with E-state index in [4.69, 9.17) is 4.42 Å². The van der Waals surface area contributed by atoms with Gasteiger partial charge in [-0.1, -0.05) is 0 Å². The number of carbonyl (C=O) groups is 2. The number of nitrogens with one attached hydrogen (secondary N) is 3. The van der Waals surface area contributed by atoms with E-state index in [9.17, 15) is 9.59 Å². The van der Waals surface area contributed by atoms with Gasteiger partial charge in [0.2, 0.25) is 5.91 Å². The molecule has 7 nitrogen and oxygen atoms in total. The second-order valence-electron chi connectivity index (χ2n) is 4.12. The molecular weight excluding hydrogens is 260 g/mol. The smallest absolute Gasteiger partial charge is 0.286 e. The molecule has 2 heterocycles. The van der Waals surface area contributed by atoms with Crippen LogP contribution in [0.2, 0.25) is 0 Å². The first-order valence-corrected chi connectivity index (χ1v) is 6.32. The van der Waals surface area contributed by atoms with Gasteiger partial charge in [-0.05, 0) is 12.1 Å². The largest absolute Gasteiger partial charge is 0.459 e. The third-order valence-corrected chi connectivity index (χ3v) is 2.62. The zero-order valence-electron chi connectivity index (χ0n) is 10.9. The molecule has 0 atom stereocenters. The molecule has 3 N–H and O–H groups in total. The highest BCUT2D eigenvalue weighted by Crippen LogP contribution is 1.98. The van der Waals surface area contributed by atoms with Crippen molar-refractivity contribution in [1.29, 1.82) is 0 Å². The van der Waals surface area contributed by atoms with Gasteiger partial charge < -0.3 is 20.0 Å². The average molecular weight is 276 g/mol. The number of H-pyrrole nitrogens is 1. The maximum atomic E-state index is 11.5. The molecule has 0 unspecified atom stereocenters. The molecule has 7 heteroatoms. The zero-order chi connectivity index (χ0) is 14.2. The molecule has 20 heavy (non-hydrogen) atoms. The molecule has 2 amide bonds. The van der Waals surface area contributed by atoms with Crippen LogP contribution in [0.25, 0.3) is 0 Å². The van der Waals surface area contributed by atoms with Crippen molar-refractivity contribution in [3.63, 3.8) is 0 Å². The Morgan fingerprint density at radius 3 is 2.90 bits per heavy atom. The van der Waals surface area contributed by atoms with Crippen molar-refractivity contribution in [2.24, 2.45) is 0 Å². The summed E-state index contributed by atoms with van der Waals surface area (Å²) in [7, 11) is 0. The summed E-state index contributed by atoms with van der Waals surface area (Å²) in [5.41, 5.74) is 0. The number of furan rings is 1. The average Bonchev–Trinajstić information content (AvgIpc) is 3.12. The van der Waals surface area contributed by atoms with Crippen LogP contribution >= 0.6 is 0 Å². The summed E-state index contributed by atoms with van der Waals surface area (Å²) in [6.45, 7) is 0.782. The number of carbonyl (C=O) groups excluding carboxylic acids is 2. The number of imidazole rings is 1. The summed E-state index contributed by atoms with van der Waals surface area (Å²) >= 11 is 0. The Kier molecular flexibility index (Phi) is 4.94. The predicted molar refractivity (Wildman–Crippen MR) is 71.0 cm³/mol. The van der Waals surface area contributed by atoms with Gasteiger partial charge in [-0.3, -0.25) is 9.59 Å². The van der Waals surface area contributed by atoms with Crippen molar-refractivity contribution in [3.8, 4) is 0 Å². The number of aromatic amines is 1. The Balaban J connectivity index is 1.57. The zero-order valence-corrected chi connectivity index (χ0v) is 10.9. The molecule has 0 bridgehead atoms. The highest BCUT2D eigenvalue weighted by Gasteiger charge is 2.08. The quantitative estimate of drug-likeness (QED) is 0.684. The standard InChI is InChI=1S/C13H16N4O3/c18-12(16-5-3-11-14-7-8-15-11)4-6-17-13(19)10-2-1-9-20-10/h1-2,7-9H,3-6H2,(H,14,15)(H,16,18)(H,17,19). The summed E-state index contributed by atoms with van der Waals surface area (Å²) in [6.07, 6.45) is 5.71. The van der Waals surface area contributed by atoms with Crippen molar-refractivity contribution in [1.82, 2.24) is 20.6 Å². The highest BCUT2D eigenvalue weighted by atomic mass is 16.3. The van der Waals surface area contributed by atoms with E-state index < -0.39 is 0 Å². The van der Waals surface area contributed by atoms with Crippen molar-refractivity contribution >= 4 is 11.8 Å². The van der Waals surface area contributed by atoms with E-state index >= 15 is 0 Å². The molecular formula is C13H16N4O3. The van der Waals surface area contributed by atoms with Gasteiger partial charge in [-0.15, -0.1) is 0 Å². The van der Waals surface area contributed by atoms with Crippen LogP contribution in [0, 0.1) is 0 Å². The third-order valence-electron chi connectivity index (χ3n) is 2.62. The maximum absolute atomic E-state index is 11.5. The van der Waals surface area contributed by atoms with Gasteiger partial charge >= 0.3 is 0 Å². The number of aromatic nitrogens is 2. The lowest BCUT2D eigenvalue weighted by molar-refractivity contribution is -0.120. The van der Waals surface area contributed by atoms with Gasteiger partial charge in [0, 0.05) is 38.3 Å². The summed E-state index contributed by atoms with van der Waals surface area (Å²) < 4.78 is 4.94. The fraction of sp³-hybridized carbons (Fsp3) is 0.308. The number of nitrogens with zero attached hydrogens (tertiary/aromatic N) is 1.